The van der Waals surface area contributed by atoms with E-state index >= 15 is 0 Å². The summed E-state index contributed by atoms with van der Waals surface area (Å²) in [6, 6.07) is -0.0392. The van der Waals surface area contributed by atoms with E-state index in [0.717, 1.165) is 55.9 Å². The average Bonchev–Trinajstić information content (AvgIpc) is 3.03. The molecule has 1 aliphatic heterocycles. The zero-order chi connectivity index (χ0) is 13.7. The van der Waals surface area contributed by atoms with Gasteiger partial charge in [0.25, 0.3) is 0 Å². The lowest BCUT2D eigenvalue weighted by Crippen LogP contribution is -2.40. The predicted octanol–water partition coefficient (Wildman–Crippen LogP) is 2.15. The number of thiazole rings is 1. The molecule has 6 heteroatoms. The second-order valence-electron chi connectivity index (χ2n) is 4.92. The molecular formula is C13H20ClN3OS. The maximum Gasteiger partial charge on any atom is 0.234 e. The van der Waals surface area contributed by atoms with Gasteiger partial charge >= 0.3 is 0 Å². The molecule has 0 radical (unpaired) electrons. The molecule has 0 spiro atoms. The highest BCUT2D eigenvalue weighted by Gasteiger charge is 2.27. The van der Waals surface area contributed by atoms with E-state index in [9.17, 15) is 4.79 Å². The smallest absolute Gasteiger partial charge is 0.234 e. The number of primary amides is 1. The highest BCUT2D eigenvalue weighted by molar-refractivity contribution is 7.09. The van der Waals surface area contributed by atoms with E-state index in [1.807, 2.05) is 5.38 Å². The Morgan fingerprint density at radius 3 is 3.11 bits per heavy atom. The molecule has 2 heterocycles. The van der Waals surface area contributed by atoms with Gasteiger partial charge in [-0.25, -0.2) is 4.98 Å². The van der Waals surface area contributed by atoms with Crippen LogP contribution in [0.25, 0.3) is 0 Å². The molecular weight excluding hydrogens is 282 g/mol. The standard InChI is InChI=1S/C13H20ClN3OS/c14-8-10-9-19-12(16-10)5-1-2-6-17-7-3-4-11(17)13(15)18/h9,11H,1-8H2,(H2,15,18). The number of halogens is 1. The molecule has 1 fully saturated rings. The Balaban J connectivity index is 1.67. The highest BCUT2D eigenvalue weighted by Crippen LogP contribution is 2.18. The summed E-state index contributed by atoms with van der Waals surface area (Å²) in [5.74, 6) is 0.314. The summed E-state index contributed by atoms with van der Waals surface area (Å²) in [7, 11) is 0. The molecule has 0 bridgehead atoms. The van der Waals surface area contributed by atoms with Gasteiger partial charge in [0, 0.05) is 5.38 Å². The fourth-order valence-corrected chi connectivity index (χ4v) is 3.60. The monoisotopic (exact) mass is 301 g/mol. The number of amides is 1. The Morgan fingerprint density at radius 1 is 1.58 bits per heavy atom. The van der Waals surface area contributed by atoms with E-state index in [-0.39, 0.29) is 11.9 Å². The van der Waals surface area contributed by atoms with Gasteiger partial charge in [-0.2, -0.15) is 0 Å². The van der Waals surface area contributed by atoms with Crippen molar-refractivity contribution >= 4 is 28.8 Å². The molecule has 2 N–H and O–H groups in total. The Hall–Kier alpha value is -0.650. The molecule has 0 saturated carbocycles. The van der Waals surface area contributed by atoms with E-state index < -0.39 is 0 Å². The van der Waals surface area contributed by atoms with Crippen molar-refractivity contribution in [2.45, 2.75) is 44.0 Å². The summed E-state index contributed by atoms with van der Waals surface area (Å²) in [5, 5.41) is 3.18. The van der Waals surface area contributed by atoms with Crippen LogP contribution < -0.4 is 5.73 Å². The Kier molecular flexibility index (Phi) is 5.60. The van der Waals surface area contributed by atoms with Gasteiger partial charge < -0.3 is 5.73 Å². The maximum absolute atomic E-state index is 11.3. The van der Waals surface area contributed by atoms with Gasteiger partial charge in [0.2, 0.25) is 5.91 Å². The van der Waals surface area contributed by atoms with Crippen molar-refractivity contribution in [2.75, 3.05) is 13.1 Å². The first-order valence-electron chi connectivity index (χ1n) is 6.73. The van der Waals surface area contributed by atoms with Crippen molar-refractivity contribution in [3.63, 3.8) is 0 Å². The normalized spacial score (nSPS) is 19.9. The molecule has 1 aromatic heterocycles. The molecule has 1 aliphatic rings. The number of aryl methyl sites for hydroxylation is 1. The van der Waals surface area contributed by atoms with Crippen LogP contribution in [0.2, 0.25) is 0 Å². The van der Waals surface area contributed by atoms with Gasteiger partial charge in [-0.3, -0.25) is 9.69 Å². The van der Waals surface area contributed by atoms with Gasteiger partial charge in [0.15, 0.2) is 0 Å². The van der Waals surface area contributed by atoms with E-state index in [0.29, 0.717) is 5.88 Å². The first-order chi connectivity index (χ1) is 9.20. The molecule has 4 nitrogen and oxygen atoms in total. The molecule has 0 aromatic carbocycles. The van der Waals surface area contributed by atoms with Gasteiger partial charge in [0.05, 0.1) is 22.6 Å². The fourth-order valence-electron chi connectivity index (χ4n) is 2.53. The lowest BCUT2D eigenvalue weighted by atomic mass is 10.2. The number of nitrogens with zero attached hydrogens (tertiary/aromatic N) is 2. The lowest BCUT2D eigenvalue weighted by molar-refractivity contribution is -0.122. The van der Waals surface area contributed by atoms with Crippen LogP contribution in [0.15, 0.2) is 5.38 Å². The quantitative estimate of drug-likeness (QED) is 0.620. The van der Waals surface area contributed by atoms with Crippen LogP contribution in [-0.2, 0) is 17.1 Å². The number of rotatable bonds is 7. The summed E-state index contributed by atoms with van der Waals surface area (Å²) >= 11 is 7.41. The van der Waals surface area contributed by atoms with Gasteiger partial charge in [-0.05, 0) is 45.2 Å². The highest BCUT2D eigenvalue weighted by atomic mass is 35.5. The summed E-state index contributed by atoms with van der Waals surface area (Å²) in [4.78, 5) is 17.9. The van der Waals surface area contributed by atoms with Crippen molar-refractivity contribution in [1.29, 1.82) is 0 Å². The van der Waals surface area contributed by atoms with E-state index in [4.69, 9.17) is 17.3 Å². The van der Waals surface area contributed by atoms with Crippen LogP contribution >= 0.6 is 22.9 Å². The molecule has 1 amide bonds. The van der Waals surface area contributed by atoms with Gasteiger partial charge in [-0.1, -0.05) is 0 Å². The lowest BCUT2D eigenvalue weighted by Gasteiger charge is -2.21. The van der Waals surface area contributed by atoms with Crippen molar-refractivity contribution in [1.82, 2.24) is 9.88 Å². The number of hydrogen-bond acceptors (Lipinski definition) is 4. The van der Waals surface area contributed by atoms with Gasteiger partial charge in [-0.15, -0.1) is 22.9 Å². The third-order valence-electron chi connectivity index (χ3n) is 3.51. The first kappa shape index (κ1) is 14.8. The molecule has 1 aromatic rings. The van der Waals surface area contributed by atoms with Crippen molar-refractivity contribution in [3.05, 3.63) is 16.1 Å². The molecule has 1 atom stereocenters. The van der Waals surface area contributed by atoms with Crippen LogP contribution in [0.4, 0.5) is 0 Å². The van der Waals surface area contributed by atoms with E-state index in [1.54, 1.807) is 11.3 Å². The second-order valence-corrected chi connectivity index (χ2v) is 6.13. The summed E-state index contributed by atoms with van der Waals surface area (Å²) in [5.41, 5.74) is 6.37. The Bertz CT molecular complexity index is 424. The van der Waals surface area contributed by atoms with Crippen molar-refractivity contribution < 1.29 is 4.79 Å². The van der Waals surface area contributed by atoms with Crippen molar-refractivity contribution in [3.8, 4) is 0 Å². The molecule has 1 unspecified atom stereocenters. The molecule has 19 heavy (non-hydrogen) atoms. The van der Waals surface area contributed by atoms with E-state index in [1.165, 1.54) is 0 Å². The Morgan fingerprint density at radius 2 is 2.42 bits per heavy atom. The average molecular weight is 302 g/mol. The SMILES string of the molecule is NC(=O)C1CCCN1CCCCc1nc(CCl)cs1. The molecule has 106 valence electrons. The number of unbranched alkanes of at least 4 members (excludes halogenated alkanes) is 1. The molecule has 1 saturated heterocycles. The van der Waals surface area contributed by atoms with Gasteiger partial charge in [0.1, 0.15) is 0 Å². The zero-order valence-electron chi connectivity index (χ0n) is 11.0. The number of aromatic nitrogens is 1. The maximum atomic E-state index is 11.3. The van der Waals surface area contributed by atoms with Crippen molar-refractivity contribution in [2.24, 2.45) is 5.73 Å². The zero-order valence-corrected chi connectivity index (χ0v) is 12.6. The fraction of sp³-hybridized carbons (Fsp3) is 0.692. The number of carbonyl (C=O) groups is 1. The van der Waals surface area contributed by atoms with Crippen LogP contribution in [0.5, 0.6) is 0 Å². The summed E-state index contributed by atoms with van der Waals surface area (Å²) in [6.07, 6.45) is 5.17. The topological polar surface area (TPSA) is 59.2 Å². The Labute approximate surface area is 122 Å². The van der Waals surface area contributed by atoms with Crippen LogP contribution in [0, 0.1) is 0 Å². The van der Waals surface area contributed by atoms with Crippen LogP contribution in [0.3, 0.4) is 0 Å². The number of nitrogens with two attached hydrogens (primary N) is 1. The number of hydrogen-bond donors (Lipinski definition) is 1. The number of carbonyl (C=O) groups excluding carboxylic acids is 1. The molecule has 0 aliphatic carbocycles. The molecule has 2 rings (SSSR count). The third-order valence-corrected chi connectivity index (χ3v) is 4.75. The summed E-state index contributed by atoms with van der Waals surface area (Å²) < 4.78 is 0. The minimum atomic E-state index is -0.177. The first-order valence-corrected chi connectivity index (χ1v) is 8.14. The van der Waals surface area contributed by atoms with Crippen LogP contribution in [-0.4, -0.2) is 34.9 Å². The largest absolute Gasteiger partial charge is 0.368 e. The number of alkyl halides is 1. The van der Waals surface area contributed by atoms with Crippen LogP contribution in [0.1, 0.15) is 36.4 Å². The minimum absolute atomic E-state index is 0.0392. The summed E-state index contributed by atoms with van der Waals surface area (Å²) in [6.45, 7) is 1.96. The predicted molar refractivity (Wildman–Crippen MR) is 78.4 cm³/mol. The van der Waals surface area contributed by atoms with E-state index in [2.05, 4.69) is 9.88 Å². The minimum Gasteiger partial charge on any atom is -0.368 e. The second kappa shape index (κ2) is 7.22. The third kappa shape index (κ3) is 4.16. The number of likely N-dealkylation sites (tertiary alicyclic amines) is 1.